The topological polar surface area (TPSA) is 46.9 Å². The summed E-state index contributed by atoms with van der Waals surface area (Å²) in [5, 5.41) is 6.67. The first-order valence-electron chi connectivity index (χ1n) is 3.63. The SMILES string of the molecule is C=Cn1nccc1C(=O)CNC. The summed E-state index contributed by atoms with van der Waals surface area (Å²) >= 11 is 0. The first kappa shape index (κ1) is 8.67. The van der Waals surface area contributed by atoms with Gasteiger partial charge in [0.2, 0.25) is 0 Å². The van der Waals surface area contributed by atoms with E-state index in [1.165, 1.54) is 10.9 Å². The van der Waals surface area contributed by atoms with Crippen molar-refractivity contribution in [1.29, 1.82) is 0 Å². The lowest BCUT2D eigenvalue weighted by Crippen LogP contribution is -2.20. The highest BCUT2D eigenvalue weighted by atomic mass is 16.1. The lowest BCUT2D eigenvalue weighted by Gasteiger charge is -1.99. The summed E-state index contributed by atoms with van der Waals surface area (Å²) in [6.45, 7) is 3.85. The summed E-state index contributed by atoms with van der Waals surface area (Å²) in [5.74, 6) is 0.00917. The summed E-state index contributed by atoms with van der Waals surface area (Å²) < 4.78 is 1.46. The Morgan fingerprint density at radius 1 is 1.92 bits per heavy atom. The van der Waals surface area contributed by atoms with Crippen molar-refractivity contribution < 1.29 is 4.79 Å². The van der Waals surface area contributed by atoms with Crippen LogP contribution in [0.15, 0.2) is 18.8 Å². The van der Waals surface area contributed by atoms with E-state index < -0.39 is 0 Å². The number of hydrogen-bond donors (Lipinski definition) is 1. The second-order valence-corrected chi connectivity index (χ2v) is 2.30. The molecule has 0 saturated heterocycles. The molecular formula is C8H11N3O. The third kappa shape index (κ3) is 1.60. The van der Waals surface area contributed by atoms with Crippen LogP contribution in [-0.4, -0.2) is 29.2 Å². The number of rotatable bonds is 4. The molecule has 12 heavy (non-hydrogen) atoms. The molecule has 0 radical (unpaired) electrons. The van der Waals surface area contributed by atoms with Crippen molar-refractivity contribution in [2.75, 3.05) is 13.6 Å². The Morgan fingerprint density at radius 2 is 2.67 bits per heavy atom. The van der Waals surface area contributed by atoms with Crippen molar-refractivity contribution in [2.45, 2.75) is 0 Å². The molecule has 1 aromatic heterocycles. The minimum Gasteiger partial charge on any atom is -0.313 e. The van der Waals surface area contributed by atoms with Crippen LogP contribution in [0.4, 0.5) is 0 Å². The van der Waals surface area contributed by atoms with Crippen LogP contribution in [0.2, 0.25) is 0 Å². The molecule has 4 heteroatoms. The van der Waals surface area contributed by atoms with Gasteiger partial charge in [0.1, 0.15) is 5.69 Å². The normalized spacial score (nSPS) is 9.75. The van der Waals surface area contributed by atoms with Crippen LogP contribution in [0.1, 0.15) is 10.5 Å². The van der Waals surface area contributed by atoms with Crippen LogP contribution in [0.3, 0.4) is 0 Å². The second-order valence-electron chi connectivity index (χ2n) is 2.30. The largest absolute Gasteiger partial charge is 0.313 e. The van der Waals surface area contributed by atoms with E-state index in [9.17, 15) is 4.79 Å². The van der Waals surface area contributed by atoms with Gasteiger partial charge >= 0.3 is 0 Å². The maximum absolute atomic E-state index is 11.3. The Morgan fingerprint density at radius 3 is 3.25 bits per heavy atom. The van der Waals surface area contributed by atoms with Gasteiger partial charge in [-0.1, -0.05) is 6.58 Å². The molecule has 4 nitrogen and oxygen atoms in total. The third-order valence-electron chi connectivity index (χ3n) is 1.47. The first-order chi connectivity index (χ1) is 5.79. The van der Waals surface area contributed by atoms with Crippen LogP contribution in [0, 0.1) is 0 Å². The molecule has 0 unspecified atom stereocenters. The van der Waals surface area contributed by atoms with Crippen LogP contribution in [0.25, 0.3) is 6.20 Å². The maximum Gasteiger partial charge on any atom is 0.194 e. The van der Waals surface area contributed by atoms with Gasteiger partial charge in [0.15, 0.2) is 5.78 Å². The lowest BCUT2D eigenvalue weighted by atomic mass is 10.3. The third-order valence-corrected chi connectivity index (χ3v) is 1.47. The van der Waals surface area contributed by atoms with Gasteiger partial charge in [-0.05, 0) is 13.1 Å². The highest BCUT2D eigenvalue weighted by Gasteiger charge is 2.08. The molecule has 0 aliphatic rings. The average Bonchev–Trinajstić information content (AvgIpc) is 2.51. The second kappa shape index (κ2) is 3.82. The van der Waals surface area contributed by atoms with Crippen molar-refractivity contribution >= 4 is 12.0 Å². The fourth-order valence-corrected chi connectivity index (χ4v) is 0.932. The number of hydrogen-bond acceptors (Lipinski definition) is 3. The maximum atomic E-state index is 11.3. The van der Waals surface area contributed by atoms with E-state index in [2.05, 4.69) is 17.0 Å². The molecule has 0 fully saturated rings. The smallest absolute Gasteiger partial charge is 0.194 e. The van der Waals surface area contributed by atoms with Crippen molar-refractivity contribution in [2.24, 2.45) is 0 Å². The van der Waals surface area contributed by atoms with Crippen molar-refractivity contribution in [3.05, 3.63) is 24.5 Å². The summed E-state index contributed by atoms with van der Waals surface area (Å²) in [6, 6.07) is 1.67. The average molecular weight is 165 g/mol. The zero-order valence-electron chi connectivity index (χ0n) is 6.95. The highest BCUT2D eigenvalue weighted by molar-refractivity contribution is 5.96. The van der Waals surface area contributed by atoms with E-state index in [1.807, 2.05) is 0 Å². The fourth-order valence-electron chi connectivity index (χ4n) is 0.932. The molecule has 1 rings (SSSR count). The van der Waals surface area contributed by atoms with E-state index in [0.717, 1.165) is 0 Å². The number of Topliss-reactive ketones (excluding diaryl/α,β-unsaturated/α-hetero) is 1. The molecule has 0 amide bonds. The molecule has 1 heterocycles. The Bertz CT molecular complexity index is 290. The van der Waals surface area contributed by atoms with Crippen molar-refractivity contribution in [3.8, 4) is 0 Å². The zero-order chi connectivity index (χ0) is 8.97. The van der Waals surface area contributed by atoms with E-state index in [1.54, 1.807) is 19.3 Å². The molecule has 1 N–H and O–H groups in total. The van der Waals surface area contributed by atoms with E-state index >= 15 is 0 Å². The van der Waals surface area contributed by atoms with Gasteiger partial charge in [-0.25, -0.2) is 4.68 Å². The molecule has 0 aromatic carbocycles. The molecular weight excluding hydrogens is 154 g/mol. The molecule has 0 saturated carbocycles. The van der Waals surface area contributed by atoms with Gasteiger partial charge in [-0.2, -0.15) is 5.10 Å². The fraction of sp³-hybridized carbons (Fsp3) is 0.250. The Labute approximate surface area is 70.9 Å². The predicted octanol–water partition coefficient (Wildman–Crippen LogP) is 0.386. The van der Waals surface area contributed by atoms with Crippen LogP contribution in [0.5, 0.6) is 0 Å². The minimum atomic E-state index is 0.00917. The Kier molecular flexibility index (Phi) is 2.76. The van der Waals surface area contributed by atoms with Gasteiger partial charge in [-0.3, -0.25) is 4.79 Å². The molecule has 0 aliphatic heterocycles. The molecule has 1 aromatic rings. The molecule has 0 aliphatic carbocycles. The van der Waals surface area contributed by atoms with Crippen molar-refractivity contribution in [3.63, 3.8) is 0 Å². The zero-order valence-corrected chi connectivity index (χ0v) is 6.95. The van der Waals surface area contributed by atoms with Gasteiger partial charge in [-0.15, -0.1) is 0 Å². The van der Waals surface area contributed by atoms with Gasteiger partial charge in [0.05, 0.1) is 12.7 Å². The van der Waals surface area contributed by atoms with Gasteiger partial charge in [0.25, 0.3) is 0 Å². The minimum absolute atomic E-state index is 0.00917. The van der Waals surface area contributed by atoms with Crippen LogP contribution < -0.4 is 5.32 Å². The first-order valence-corrected chi connectivity index (χ1v) is 3.63. The summed E-state index contributed by atoms with van der Waals surface area (Å²) in [7, 11) is 1.73. The quantitative estimate of drug-likeness (QED) is 0.656. The number of nitrogens with one attached hydrogen (secondary N) is 1. The van der Waals surface area contributed by atoms with E-state index in [-0.39, 0.29) is 5.78 Å². The summed E-state index contributed by atoms with van der Waals surface area (Å²) in [5.41, 5.74) is 0.555. The number of carbonyl (C=O) groups is 1. The monoisotopic (exact) mass is 165 g/mol. The van der Waals surface area contributed by atoms with Gasteiger partial charge < -0.3 is 5.32 Å². The number of nitrogens with zero attached hydrogens (tertiary/aromatic N) is 2. The predicted molar refractivity (Wildman–Crippen MR) is 46.9 cm³/mol. The Hall–Kier alpha value is -1.42. The van der Waals surface area contributed by atoms with E-state index in [0.29, 0.717) is 12.2 Å². The lowest BCUT2D eigenvalue weighted by molar-refractivity contribution is 0.0987. The van der Waals surface area contributed by atoms with E-state index in [4.69, 9.17) is 0 Å². The summed E-state index contributed by atoms with van der Waals surface area (Å²) in [6.07, 6.45) is 3.08. The molecule has 0 atom stereocenters. The number of ketones is 1. The number of carbonyl (C=O) groups excluding carboxylic acids is 1. The molecule has 0 spiro atoms. The Balaban J connectivity index is 2.86. The highest BCUT2D eigenvalue weighted by Crippen LogP contribution is 1.99. The van der Waals surface area contributed by atoms with Crippen molar-refractivity contribution in [1.82, 2.24) is 15.1 Å². The number of aromatic nitrogens is 2. The molecule has 0 bridgehead atoms. The standard InChI is InChI=1S/C8H11N3O/c1-3-11-7(4-5-10-11)8(12)6-9-2/h3-5,9H,1,6H2,2H3. The van der Waals surface area contributed by atoms with Gasteiger partial charge in [0, 0.05) is 6.20 Å². The molecule has 64 valence electrons. The number of likely N-dealkylation sites (N-methyl/N-ethyl adjacent to an activating group) is 1. The van der Waals surface area contributed by atoms with Crippen LogP contribution in [-0.2, 0) is 0 Å². The van der Waals surface area contributed by atoms with Crippen LogP contribution >= 0.6 is 0 Å². The summed E-state index contributed by atoms with van der Waals surface area (Å²) in [4.78, 5) is 11.3.